The van der Waals surface area contributed by atoms with Crippen LogP contribution >= 0.6 is 0 Å². The third-order valence-corrected chi connectivity index (χ3v) is 4.22. The average molecular weight is 309 g/mol. The smallest absolute Gasteiger partial charge is 0.254 e. The van der Waals surface area contributed by atoms with E-state index < -0.39 is 0 Å². The zero-order valence-electron chi connectivity index (χ0n) is 13.7. The van der Waals surface area contributed by atoms with Gasteiger partial charge in [-0.1, -0.05) is 38.1 Å². The summed E-state index contributed by atoms with van der Waals surface area (Å²) in [5.74, 6) is 2.69. The number of rotatable bonds is 3. The molecule has 120 valence electrons. The minimum atomic E-state index is 0.0990. The molecule has 3 rings (SSSR count). The standard InChI is InChI=1S/C20H23NO2/c1-15-11-16(2)14-21(13-15)20(22)17-7-6-10-19(12-17)23-18-8-4-3-5-9-18/h3-10,12,15-16H,11,13-14H2,1-2H3. The van der Waals surface area contributed by atoms with Crippen LogP contribution in [0, 0.1) is 11.8 Å². The number of benzene rings is 2. The molecule has 0 bridgehead atoms. The molecule has 0 aromatic heterocycles. The number of likely N-dealkylation sites (tertiary alicyclic amines) is 1. The third-order valence-electron chi connectivity index (χ3n) is 4.22. The van der Waals surface area contributed by atoms with Crippen LogP contribution in [0.2, 0.25) is 0 Å². The van der Waals surface area contributed by atoms with E-state index in [-0.39, 0.29) is 5.91 Å². The predicted molar refractivity (Wildman–Crippen MR) is 91.8 cm³/mol. The molecule has 1 amide bonds. The van der Waals surface area contributed by atoms with Crippen molar-refractivity contribution in [2.75, 3.05) is 13.1 Å². The van der Waals surface area contributed by atoms with Gasteiger partial charge in [-0.05, 0) is 48.6 Å². The predicted octanol–water partition coefficient (Wildman–Crippen LogP) is 4.60. The van der Waals surface area contributed by atoms with Gasteiger partial charge >= 0.3 is 0 Å². The molecule has 0 N–H and O–H groups in total. The van der Waals surface area contributed by atoms with E-state index in [9.17, 15) is 4.79 Å². The number of carbonyl (C=O) groups excluding carboxylic acids is 1. The number of ether oxygens (including phenoxy) is 1. The van der Waals surface area contributed by atoms with Gasteiger partial charge in [0.2, 0.25) is 0 Å². The molecule has 2 aromatic rings. The molecular formula is C20H23NO2. The molecule has 0 radical (unpaired) electrons. The molecule has 1 aliphatic rings. The second-order valence-electron chi connectivity index (χ2n) is 6.60. The van der Waals surface area contributed by atoms with E-state index >= 15 is 0 Å². The number of hydrogen-bond donors (Lipinski definition) is 0. The zero-order valence-corrected chi connectivity index (χ0v) is 13.7. The topological polar surface area (TPSA) is 29.5 Å². The molecule has 2 unspecified atom stereocenters. The summed E-state index contributed by atoms with van der Waals surface area (Å²) in [5.41, 5.74) is 0.694. The Hall–Kier alpha value is -2.29. The van der Waals surface area contributed by atoms with Gasteiger partial charge in [0, 0.05) is 18.7 Å². The first-order valence-corrected chi connectivity index (χ1v) is 8.24. The van der Waals surface area contributed by atoms with Crippen LogP contribution in [0.5, 0.6) is 11.5 Å². The van der Waals surface area contributed by atoms with Crippen molar-refractivity contribution in [1.29, 1.82) is 0 Å². The van der Waals surface area contributed by atoms with Gasteiger partial charge in [0.25, 0.3) is 5.91 Å². The molecule has 2 atom stereocenters. The van der Waals surface area contributed by atoms with Crippen LogP contribution in [0.4, 0.5) is 0 Å². The van der Waals surface area contributed by atoms with E-state index in [4.69, 9.17) is 4.74 Å². The van der Waals surface area contributed by atoms with Gasteiger partial charge in [0.05, 0.1) is 0 Å². The van der Waals surface area contributed by atoms with Crippen LogP contribution < -0.4 is 4.74 Å². The Balaban J connectivity index is 1.75. The lowest BCUT2D eigenvalue weighted by atomic mass is 9.91. The molecule has 0 aliphatic carbocycles. The molecule has 0 saturated carbocycles. The lowest BCUT2D eigenvalue weighted by Crippen LogP contribution is -2.42. The van der Waals surface area contributed by atoms with E-state index in [0.717, 1.165) is 18.8 Å². The highest BCUT2D eigenvalue weighted by Crippen LogP contribution is 2.25. The molecule has 23 heavy (non-hydrogen) atoms. The summed E-state index contributed by atoms with van der Waals surface area (Å²) < 4.78 is 5.83. The number of carbonyl (C=O) groups is 1. The van der Waals surface area contributed by atoms with Crippen LogP contribution in [0.3, 0.4) is 0 Å². The van der Waals surface area contributed by atoms with Crippen LogP contribution in [0.15, 0.2) is 54.6 Å². The monoisotopic (exact) mass is 309 g/mol. The number of hydrogen-bond acceptors (Lipinski definition) is 2. The Morgan fingerprint density at radius 1 is 0.957 bits per heavy atom. The van der Waals surface area contributed by atoms with Crippen molar-refractivity contribution < 1.29 is 9.53 Å². The van der Waals surface area contributed by atoms with E-state index in [0.29, 0.717) is 23.1 Å². The van der Waals surface area contributed by atoms with Crippen molar-refractivity contribution in [3.8, 4) is 11.5 Å². The van der Waals surface area contributed by atoms with Crippen LogP contribution in [-0.4, -0.2) is 23.9 Å². The lowest BCUT2D eigenvalue weighted by Gasteiger charge is -2.35. The maximum atomic E-state index is 12.8. The molecule has 1 saturated heterocycles. The first kappa shape index (κ1) is 15.6. The molecule has 3 nitrogen and oxygen atoms in total. The van der Waals surface area contributed by atoms with Gasteiger partial charge in [0.1, 0.15) is 11.5 Å². The van der Waals surface area contributed by atoms with E-state index in [2.05, 4.69) is 13.8 Å². The fourth-order valence-electron chi connectivity index (χ4n) is 3.33. The maximum absolute atomic E-state index is 12.8. The zero-order chi connectivity index (χ0) is 16.2. The molecule has 1 aliphatic heterocycles. The average Bonchev–Trinajstić information content (AvgIpc) is 2.54. The highest BCUT2D eigenvalue weighted by molar-refractivity contribution is 5.94. The SMILES string of the molecule is CC1CC(C)CN(C(=O)c2cccc(Oc3ccccc3)c2)C1. The number of para-hydroxylation sites is 1. The number of amides is 1. The second-order valence-corrected chi connectivity index (χ2v) is 6.60. The van der Waals surface area contributed by atoms with Crippen molar-refractivity contribution in [2.24, 2.45) is 11.8 Å². The highest BCUT2D eigenvalue weighted by atomic mass is 16.5. The van der Waals surface area contributed by atoms with Crippen molar-refractivity contribution in [3.05, 3.63) is 60.2 Å². The van der Waals surface area contributed by atoms with Crippen LogP contribution in [0.25, 0.3) is 0 Å². The van der Waals surface area contributed by atoms with Crippen molar-refractivity contribution in [3.63, 3.8) is 0 Å². The van der Waals surface area contributed by atoms with Crippen molar-refractivity contribution in [1.82, 2.24) is 4.90 Å². The summed E-state index contributed by atoms with van der Waals surface area (Å²) >= 11 is 0. The summed E-state index contributed by atoms with van der Waals surface area (Å²) in [4.78, 5) is 14.7. The van der Waals surface area contributed by atoms with E-state index in [1.165, 1.54) is 6.42 Å². The summed E-state index contributed by atoms with van der Waals surface area (Å²) in [6, 6.07) is 17.1. The molecule has 1 fully saturated rings. The fourth-order valence-corrected chi connectivity index (χ4v) is 3.33. The fraction of sp³-hybridized carbons (Fsp3) is 0.350. The maximum Gasteiger partial charge on any atom is 0.254 e. The van der Waals surface area contributed by atoms with Crippen molar-refractivity contribution in [2.45, 2.75) is 20.3 Å². The molecule has 1 heterocycles. The Morgan fingerprint density at radius 3 is 2.30 bits per heavy atom. The summed E-state index contributed by atoms with van der Waals surface area (Å²) in [5, 5.41) is 0. The van der Waals surface area contributed by atoms with Crippen LogP contribution in [-0.2, 0) is 0 Å². The number of nitrogens with zero attached hydrogens (tertiary/aromatic N) is 1. The van der Waals surface area contributed by atoms with Gasteiger partial charge in [-0.3, -0.25) is 4.79 Å². The summed E-state index contributed by atoms with van der Waals surface area (Å²) in [7, 11) is 0. The van der Waals surface area contributed by atoms with E-state index in [1.807, 2.05) is 59.5 Å². The van der Waals surface area contributed by atoms with Gasteiger partial charge in [-0.25, -0.2) is 0 Å². The Kier molecular flexibility index (Phi) is 4.65. The van der Waals surface area contributed by atoms with Gasteiger partial charge in [-0.2, -0.15) is 0 Å². The Labute approximate surface area is 137 Å². The molecule has 2 aromatic carbocycles. The minimum Gasteiger partial charge on any atom is -0.457 e. The molecule has 0 spiro atoms. The van der Waals surface area contributed by atoms with Gasteiger partial charge in [0.15, 0.2) is 0 Å². The van der Waals surface area contributed by atoms with Gasteiger partial charge < -0.3 is 9.64 Å². The summed E-state index contributed by atoms with van der Waals surface area (Å²) in [6.45, 7) is 6.11. The lowest BCUT2D eigenvalue weighted by molar-refractivity contribution is 0.0623. The first-order valence-electron chi connectivity index (χ1n) is 8.24. The molecular weight excluding hydrogens is 286 g/mol. The largest absolute Gasteiger partial charge is 0.457 e. The van der Waals surface area contributed by atoms with Crippen LogP contribution in [0.1, 0.15) is 30.6 Å². The third kappa shape index (κ3) is 3.92. The summed E-state index contributed by atoms with van der Waals surface area (Å²) in [6.07, 6.45) is 1.20. The minimum absolute atomic E-state index is 0.0990. The van der Waals surface area contributed by atoms with Gasteiger partial charge in [-0.15, -0.1) is 0 Å². The Bertz CT molecular complexity index is 658. The Morgan fingerprint density at radius 2 is 1.61 bits per heavy atom. The highest BCUT2D eigenvalue weighted by Gasteiger charge is 2.26. The molecule has 3 heteroatoms. The second kappa shape index (κ2) is 6.86. The number of piperidine rings is 1. The van der Waals surface area contributed by atoms with E-state index in [1.54, 1.807) is 0 Å². The first-order chi connectivity index (χ1) is 11.1. The quantitative estimate of drug-likeness (QED) is 0.829. The normalized spacial score (nSPS) is 21.0. The van der Waals surface area contributed by atoms with Crippen molar-refractivity contribution >= 4 is 5.91 Å².